The van der Waals surface area contributed by atoms with Gasteiger partial charge in [0.05, 0.1) is 0 Å². The Kier molecular flexibility index (Phi) is 3.17. The van der Waals surface area contributed by atoms with Crippen molar-refractivity contribution in [2.24, 2.45) is 0 Å². The molecule has 2 aromatic heterocycles. The van der Waals surface area contributed by atoms with Crippen LogP contribution in [0.1, 0.15) is 28.7 Å². The Morgan fingerprint density at radius 3 is 2.79 bits per heavy atom. The van der Waals surface area contributed by atoms with E-state index in [9.17, 15) is 9.90 Å². The highest BCUT2D eigenvalue weighted by molar-refractivity contribution is 9.10. The Balaban J connectivity index is 2.09. The number of nitrogen functional groups attached to an aromatic ring is 1. The molecule has 0 saturated heterocycles. The molecule has 3 heterocycles. The van der Waals surface area contributed by atoms with Gasteiger partial charge in [-0.3, -0.25) is 4.79 Å². The first-order valence-electron chi connectivity index (χ1n) is 7.33. The molecule has 8 heteroatoms. The standard InChI is InChI=1S/C16H14BrN5O2/c1-6-4-9(12-14(23)22-16(18)21-12)11-8-5-7(17)2-3-10(8)20-13(11)15(24)19-6/h2-6,20,23H,1H3,(H,19,24)(H3,18,21,22). The molecule has 0 saturated carbocycles. The second-order valence-corrected chi connectivity index (χ2v) is 6.64. The number of fused-ring (bicyclic) bond motifs is 3. The highest BCUT2D eigenvalue weighted by Crippen LogP contribution is 2.38. The summed E-state index contributed by atoms with van der Waals surface area (Å²) in [5.74, 6) is -0.291. The van der Waals surface area contributed by atoms with E-state index in [4.69, 9.17) is 5.73 Å². The van der Waals surface area contributed by atoms with Crippen molar-refractivity contribution >= 4 is 44.3 Å². The summed E-state index contributed by atoms with van der Waals surface area (Å²) >= 11 is 3.46. The van der Waals surface area contributed by atoms with Gasteiger partial charge in [-0.2, -0.15) is 4.98 Å². The third-order valence-electron chi connectivity index (χ3n) is 4.00. The smallest absolute Gasteiger partial charge is 0.268 e. The van der Waals surface area contributed by atoms with Crippen LogP contribution in [0.2, 0.25) is 0 Å². The molecule has 3 aromatic rings. The van der Waals surface area contributed by atoms with E-state index in [1.54, 1.807) is 0 Å². The molecular weight excluding hydrogens is 374 g/mol. The monoisotopic (exact) mass is 387 g/mol. The summed E-state index contributed by atoms with van der Waals surface area (Å²) in [5.41, 5.74) is 8.69. The van der Waals surface area contributed by atoms with Crippen LogP contribution in [-0.4, -0.2) is 32.0 Å². The number of halogens is 1. The number of carbonyl (C=O) groups is 1. The van der Waals surface area contributed by atoms with Crippen LogP contribution in [0.4, 0.5) is 5.95 Å². The number of H-pyrrole nitrogens is 2. The Labute approximate surface area is 145 Å². The second kappa shape index (κ2) is 5.13. The maximum absolute atomic E-state index is 12.5. The van der Waals surface area contributed by atoms with Gasteiger partial charge in [-0.15, -0.1) is 0 Å². The number of rotatable bonds is 1. The summed E-state index contributed by atoms with van der Waals surface area (Å²) in [4.78, 5) is 22.4. The van der Waals surface area contributed by atoms with Gasteiger partial charge < -0.3 is 26.1 Å². The van der Waals surface area contributed by atoms with Crippen molar-refractivity contribution in [2.75, 3.05) is 5.73 Å². The van der Waals surface area contributed by atoms with Gasteiger partial charge in [0.2, 0.25) is 11.8 Å². The number of aromatic nitrogens is 3. The molecule has 24 heavy (non-hydrogen) atoms. The summed E-state index contributed by atoms with van der Waals surface area (Å²) in [6.45, 7) is 1.86. The highest BCUT2D eigenvalue weighted by atomic mass is 79.9. The average Bonchev–Trinajstić information content (AvgIpc) is 3.01. The van der Waals surface area contributed by atoms with Crippen molar-refractivity contribution in [1.29, 1.82) is 0 Å². The van der Waals surface area contributed by atoms with E-state index in [1.165, 1.54) is 0 Å². The highest BCUT2D eigenvalue weighted by Gasteiger charge is 2.28. The Morgan fingerprint density at radius 1 is 1.29 bits per heavy atom. The van der Waals surface area contributed by atoms with Crippen molar-refractivity contribution in [3.8, 4) is 5.88 Å². The van der Waals surface area contributed by atoms with Crippen LogP contribution in [0.3, 0.4) is 0 Å². The van der Waals surface area contributed by atoms with Crippen LogP contribution < -0.4 is 11.1 Å². The molecule has 1 unspecified atom stereocenters. The first-order valence-corrected chi connectivity index (χ1v) is 8.12. The third-order valence-corrected chi connectivity index (χ3v) is 4.50. The fraction of sp³-hybridized carbons (Fsp3) is 0.125. The number of amides is 1. The van der Waals surface area contributed by atoms with Gasteiger partial charge in [0, 0.05) is 32.6 Å². The molecule has 4 rings (SSSR count). The lowest BCUT2D eigenvalue weighted by molar-refractivity contribution is 0.0943. The molecule has 1 aliphatic heterocycles. The second-order valence-electron chi connectivity index (χ2n) is 5.73. The van der Waals surface area contributed by atoms with Gasteiger partial charge in [0.15, 0.2) is 0 Å². The van der Waals surface area contributed by atoms with E-state index in [0.29, 0.717) is 22.5 Å². The van der Waals surface area contributed by atoms with E-state index in [2.05, 4.69) is 36.2 Å². The van der Waals surface area contributed by atoms with Crippen LogP contribution in [0.5, 0.6) is 5.88 Å². The lowest BCUT2D eigenvalue weighted by Crippen LogP contribution is -2.30. The molecule has 1 aliphatic rings. The van der Waals surface area contributed by atoms with E-state index >= 15 is 0 Å². The average molecular weight is 388 g/mol. The van der Waals surface area contributed by atoms with Crippen LogP contribution in [0, 0.1) is 0 Å². The zero-order valence-corrected chi connectivity index (χ0v) is 14.2. The summed E-state index contributed by atoms with van der Waals surface area (Å²) in [5, 5.41) is 13.9. The van der Waals surface area contributed by atoms with Gasteiger partial charge in [-0.05, 0) is 25.1 Å². The Bertz CT molecular complexity index is 1020. The van der Waals surface area contributed by atoms with E-state index < -0.39 is 0 Å². The molecule has 1 amide bonds. The first-order chi connectivity index (χ1) is 11.4. The SMILES string of the molecule is CC1C=C(c2[nH]c(N)nc2O)c2c([nH]c3ccc(Br)cc23)C(=O)N1. The van der Waals surface area contributed by atoms with Gasteiger partial charge in [-0.25, -0.2) is 0 Å². The van der Waals surface area contributed by atoms with Gasteiger partial charge >= 0.3 is 0 Å². The van der Waals surface area contributed by atoms with E-state index in [0.717, 1.165) is 15.4 Å². The Hall–Kier alpha value is -2.74. The largest absolute Gasteiger partial charge is 0.492 e. The van der Waals surface area contributed by atoms with Crippen LogP contribution in [0.15, 0.2) is 28.7 Å². The van der Waals surface area contributed by atoms with Crippen LogP contribution >= 0.6 is 15.9 Å². The number of anilines is 1. The fourth-order valence-corrected chi connectivity index (χ4v) is 3.41. The molecule has 1 aromatic carbocycles. The molecule has 0 aliphatic carbocycles. The normalized spacial score (nSPS) is 17.3. The molecule has 7 nitrogen and oxygen atoms in total. The van der Waals surface area contributed by atoms with E-state index in [-0.39, 0.29) is 23.8 Å². The molecule has 0 spiro atoms. The minimum atomic E-state index is -0.223. The van der Waals surface area contributed by atoms with Crippen LogP contribution in [-0.2, 0) is 0 Å². The quantitative estimate of drug-likeness (QED) is 0.440. The molecule has 6 N–H and O–H groups in total. The maximum Gasteiger partial charge on any atom is 0.268 e. The third kappa shape index (κ3) is 2.18. The number of aromatic amines is 2. The van der Waals surface area contributed by atoms with Crippen molar-refractivity contribution < 1.29 is 9.90 Å². The first kappa shape index (κ1) is 14.8. The molecule has 0 radical (unpaired) electrons. The molecular formula is C16H14BrN5O2. The summed E-state index contributed by atoms with van der Waals surface area (Å²) in [6.07, 6.45) is 1.87. The minimum Gasteiger partial charge on any atom is -0.492 e. The van der Waals surface area contributed by atoms with Crippen molar-refractivity contribution in [3.05, 3.63) is 45.7 Å². The number of hydrogen-bond acceptors (Lipinski definition) is 4. The number of imidazole rings is 1. The minimum absolute atomic E-state index is 0.113. The topological polar surface area (TPSA) is 120 Å². The number of nitrogens with one attached hydrogen (secondary N) is 3. The van der Waals surface area contributed by atoms with Gasteiger partial charge in [-0.1, -0.05) is 22.0 Å². The zero-order valence-electron chi connectivity index (χ0n) is 12.6. The van der Waals surface area contributed by atoms with Crippen LogP contribution in [0.25, 0.3) is 16.5 Å². The van der Waals surface area contributed by atoms with Gasteiger partial charge in [0.25, 0.3) is 5.91 Å². The molecule has 0 bridgehead atoms. The lowest BCUT2D eigenvalue weighted by atomic mass is 9.98. The summed E-state index contributed by atoms with van der Waals surface area (Å²) < 4.78 is 0.891. The number of hydrogen-bond donors (Lipinski definition) is 5. The van der Waals surface area contributed by atoms with Crippen molar-refractivity contribution in [2.45, 2.75) is 13.0 Å². The predicted octanol–water partition coefficient (Wildman–Crippen LogP) is 2.50. The number of nitrogens with zero attached hydrogens (tertiary/aromatic N) is 1. The molecule has 1 atom stereocenters. The van der Waals surface area contributed by atoms with Crippen molar-refractivity contribution in [1.82, 2.24) is 20.3 Å². The zero-order chi connectivity index (χ0) is 17.0. The number of carbonyl (C=O) groups excluding carboxylic acids is 1. The summed E-state index contributed by atoms with van der Waals surface area (Å²) in [6, 6.07) is 5.50. The maximum atomic E-state index is 12.5. The Morgan fingerprint density at radius 2 is 2.08 bits per heavy atom. The number of aromatic hydroxyl groups is 1. The van der Waals surface area contributed by atoms with E-state index in [1.807, 2.05) is 31.2 Å². The van der Waals surface area contributed by atoms with Gasteiger partial charge in [0.1, 0.15) is 11.4 Å². The fourth-order valence-electron chi connectivity index (χ4n) is 3.05. The summed E-state index contributed by atoms with van der Waals surface area (Å²) in [7, 11) is 0. The number of benzene rings is 1. The molecule has 122 valence electrons. The molecule has 0 fully saturated rings. The predicted molar refractivity (Wildman–Crippen MR) is 94.7 cm³/mol. The van der Waals surface area contributed by atoms with Crippen molar-refractivity contribution in [3.63, 3.8) is 0 Å². The number of nitrogens with two attached hydrogens (primary N) is 1. The lowest BCUT2D eigenvalue weighted by Gasteiger charge is -2.07.